The smallest absolute Gasteiger partial charge is 0.216 e. The van der Waals surface area contributed by atoms with Crippen LogP contribution in [0.5, 0.6) is 0 Å². The highest BCUT2D eigenvalue weighted by atomic mass is 32.2. The van der Waals surface area contributed by atoms with Crippen molar-refractivity contribution in [3.63, 3.8) is 0 Å². The average Bonchev–Trinajstić information content (AvgIpc) is 2.92. The molecule has 2 aliphatic rings. The van der Waals surface area contributed by atoms with Gasteiger partial charge in [0.2, 0.25) is 16.0 Å². The second-order valence-electron chi connectivity index (χ2n) is 8.99. The SMILES string of the molecule is COCCS(=O)(=O)N1CCN(c2cc(F)nc(N3CCc4nc(-c5ncccn5)ncc4C3C)c2)CC1. The fourth-order valence-electron chi connectivity index (χ4n) is 4.74. The quantitative estimate of drug-likeness (QED) is 0.419. The number of aromatic nitrogens is 5. The molecule has 37 heavy (non-hydrogen) atoms. The molecular formula is C24H29FN8O3S. The molecule has 0 aromatic carbocycles. The van der Waals surface area contributed by atoms with Crippen molar-refractivity contribution in [1.29, 1.82) is 0 Å². The van der Waals surface area contributed by atoms with Gasteiger partial charge < -0.3 is 14.5 Å². The fraction of sp³-hybridized carbons (Fsp3) is 0.458. The van der Waals surface area contributed by atoms with Crippen LogP contribution < -0.4 is 9.80 Å². The highest BCUT2D eigenvalue weighted by Gasteiger charge is 2.30. The number of nitrogens with zero attached hydrogens (tertiary/aromatic N) is 8. The van der Waals surface area contributed by atoms with Crippen LogP contribution in [0.2, 0.25) is 0 Å². The fourth-order valence-corrected chi connectivity index (χ4v) is 6.10. The van der Waals surface area contributed by atoms with Crippen LogP contribution in [0.1, 0.15) is 24.2 Å². The van der Waals surface area contributed by atoms with Gasteiger partial charge >= 0.3 is 0 Å². The molecule has 0 amide bonds. The first-order valence-electron chi connectivity index (χ1n) is 12.1. The van der Waals surface area contributed by atoms with Gasteiger partial charge in [0.05, 0.1) is 24.1 Å². The second-order valence-corrected chi connectivity index (χ2v) is 11.1. The summed E-state index contributed by atoms with van der Waals surface area (Å²) in [6, 6.07) is 4.90. The lowest BCUT2D eigenvalue weighted by Crippen LogP contribution is -2.49. The molecular weight excluding hydrogens is 499 g/mol. The molecule has 1 unspecified atom stereocenters. The molecule has 3 aromatic heterocycles. The van der Waals surface area contributed by atoms with Crippen molar-refractivity contribution in [2.45, 2.75) is 19.4 Å². The predicted molar refractivity (Wildman–Crippen MR) is 136 cm³/mol. The molecule has 0 aliphatic carbocycles. The number of fused-ring (bicyclic) bond motifs is 1. The number of piperazine rings is 1. The highest BCUT2D eigenvalue weighted by molar-refractivity contribution is 7.89. The van der Waals surface area contributed by atoms with Crippen LogP contribution in [-0.2, 0) is 21.2 Å². The number of rotatable bonds is 7. The Morgan fingerprint density at radius 3 is 2.51 bits per heavy atom. The van der Waals surface area contributed by atoms with Gasteiger partial charge in [0.25, 0.3) is 0 Å². The van der Waals surface area contributed by atoms with E-state index in [0.29, 0.717) is 62.3 Å². The third-order valence-electron chi connectivity index (χ3n) is 6.78. The van der Waals surface area contributed by atoms with E-state index in [1.54, 1.807) is 24.7 Å². The largest absolute Gasteiger partial charge is 0.384 e. The lowest BCUT2D eigenvalue weighted by molar-refractivity contribution is 0.215. The van der Waals surface area contributed by atoms with E-state index in [1.807, 2.05) is 22.8 Å². The first kappa shape index (κ1) is 25.4. The lowest BCUT2D eigenvalue weighted by atomic mass is 9.99. The second kappa shape index (κ2) is 10.6. The molecule has 0 saturated carbocycles. The molecule has 1 fully saturated rings. The van der Waals surface area contributed by atoms with Gasteiger partial charge in [-0.3, -0.25) is 0 Å². The van der Waals surface area contributed by atoms with Crippen LogP contribution in [0.4, 0.5) is 15.9 Å². The van der Waals surface area contributed by atoms with Crippen molar-refractivity contribution in [2.75, 3.05) is 62.0 Å². The van der Waals surface area contributed by atoms with E-state index in [1.165, 1.54) is 17.5 Å². The predicted octanol–water partition coefficient (Wildman–Crippen LogP) is 1.69. The van der Waals surface area contributed by atoms with Crippen LogP contribution in [0, 0.1) is 5.95 Å². The van der Waals surface area contributed by atoms with Crippen molar-refractivity contribution < 1.29 is 17.5 Å². The molecule has 0 radical (unpaired) electrons. The number of anilines is 2. The maximum absolute atomic E-state index is 14.7. The molecule has 1 atom stereocenters. The number of halogens is 1. The zero-order valence-corrected chi connectivity index (χ0v) is 21.6. The first-order chi connectivity index (χ1) is 17.9. The maximum atomic E-state index is 14.7. The van der Waals surface area contributed by atoms with Gasteiger partial charge in [-0.1, -0.05) is 0 Å². The number of hydrogen-bond acceptors (Lipinski definition) is 10. The third-order valence-corrected chi connectivity index (χ3v) is 8.61. The van der Waals surface area contributed by atoms with Crippen LogP contribution in [-0.4, -0.2) is 89.8 Å². The number of methoxy groups -OCH3 is 1. The Kier molecular flexibility index (Phi) is 7.26. The van der Waals surface area contributed by atoms with Gasteiger partial charge in [-0.25, -0.2) is 33.3 Å². The van der Waals surface area contributed by atoms with Gasteiger partial charge in [-0.05, 0) is 13.0 Å². The molecule has 0 spiro atoms. The molecule has 5 rings (SSSR count). The summed E-state index contributed by atoms with van der Waals surface area (Å²) in [5.41, 5.74) is 2.55. The van der Waals surface area contributed by atoms with Gasteiger partial charge in [-0.2, -0.15) is 8.70 Å². The number of hydrogen-bond donors (Lipinski definition) is 0. The highest BCUT2D eigenvalue weighted by Crippen LogP contribution is 2.34. The van der Waals surface area contributed by atoms with Crippen molar-refractivity contribution in [1.82, 2.24) is 29.2 Å². The van der Waals surface area contributed by atoms with E-state index >= 15 is 0 Å². The zero-order valence-electron chi connectivity index (χ0n) is 20.8. The Balaban J connectivity index is 1.32. The summed E-state index contributed by atoms with van der Waals surface area (Å²) in [7, 11) is -1.89. The third kappa shape index (κ3) is 5.38. The Hall–Kier alpha value is -3.29. The van der Waals surface area contributed by atoms with Crippen LogP contribution in [0.15, 0.2) is 36.8 Å². The van der Waals surface area contributed by atoms with E-state index in [2.05, 4.69) is 24.9 Å². The summed E-state index contributed by atoms with van der Waals surface area (Å²) >= 11 is 0. The Morgan fingerprint density at radius 1 is 1.03 bits per heavy atom. The molecule has 1 saturated heterocycles. The van der Waals surface area contributed by atoms with Crippen molar-refractivity contribution in [3.8, 4) is 11.6 Å². The van der Waals surface area contributed by atoms with Gasteiger partial charge in [0, 0.05) is 88.2 Å². The van der Waals surface area contributed by atoms with Crippen molar-refractivity contribution >= 4 is 21.5 Å². The maximum Gasteiger partial charge on any atom is 0.216 e. The van der Waals surface area contributed by atoms with Crippen LogP contribution in [0.3, 0.4) is 0 Å². The van der Waals surface area contributed by atoms with Crippen molar-refractivity contribution in [2.24, 2.45) is 0 Å². The van der Waals surface area contributed by atoms with E-state index < -0.39 is 16.0 Å². The summed E-state index contributed by atoms with van der Waals surface area (Å²) in [6.07, 6.45) is 5.74. The minimum Gasteiger partial charge on any atom is -0.384 e. The molecule has 2 aliphatic heterocycles. The molecule has 11 nitrogen and oxygen atoms in total. The van der Waals surface area contributed by atoms with Gasteiger partial charge in [0.15, 0.2) is 11.6 Å². The summed E-state index contributed by atoms with van der Waals surface area (Å²) < 4.78 is 46.0. The zero-order chi connectivity index (χ0) is 26.0. The minimum atomic E-state index is -3.37. The summed E-state index contributed by atoms with van der Waals surface area (Å²) in [5.74, 6) is 0.861. The van der Waals surface area contributed by atoms with Crippen LogP contribution >= 0.6 is 0 Å². The summed E-state index contributed by atoms with van der Waals surface area (Å²) in [4.78, 5) is 25.8. The minimum absolute atomic E-state index is 0.0462. The monoisotopic (exact) mass is 528 g/mol. The van der Waals surface area contributed by atoms with Crippen molar-refractivity contribution in [3.05, 3.63) is 54.0 Å². The average molecular weight is 529 g/mol. The lowest BCUT2D eigenvalue weighted by Gasteiger charge is -2.37. The molecule has 196 valence electrons. The standard InChI is InChI=1S/C24H29FN8O3S/c1-17-19-16-28-24(23-26-5-3-6-27-23)29-20(19)4-7-33(17)22-15-18(14-21(25)30-22)31-8-10-32(11-9-31)37(34,35)13-12-36-2/h3,5-6,14-17H,4,7-13H2,1-2H3. The topological polar surface area (TPSA) is 118 Å². The molecule has 0 bridgehead atoms. The molecule has 3 aromatic rings. The Labute approximate surface area is 215 Å². The first-order valence-corrected chi connectivity index (χ1v) is 13.8. The molecule has 0 N–H and O–H groups in total. The van der Waals surface area contributed by atoms with E-state index in [9.17, 15) is 12.8 Å². The van der Waals surface area contributed by atoms with E-state index in [4.69, 9.17) is 4.74 Å². The normalized spacial score (nSPS) is 18.6. The van der Waals surface area contributed by atoms with Gasteiger partial charge in [0.1, 0.15) is 5.82 Å². The van der Waals surface area contributed by atoms with Gasteiger partial charge in [-0.15, -0.1) is 0 Å². The number of ether oxygens (including phenoxy) is 1. The Morgan fingerprint density at radius 2 is 1.78 bits per heavy atom. The van der Waals surface area contributed by atoms with E-state index in [0.717, 1.165) is 11.3 Å². The van der Waals surface area contributed by atoms with Crippen LogP contribution in [0.25, 0.3) is 11.6 Å². The summed E-state index contributed by atoms with van der Waals surface area (Å²) in [5, 5.41) is 0. The number of pyridine rings is 1. The Bertz CT molecular complexity index is 1350. The van der Waals surface area contributed by atoms with E-state index in [-0.39, 0.29) is 18.4 Å². The number of sulfonamides is 1. The molecule has 13 heteroatoms. The molecule has 5 heterocycles. The summed E-state index contributed by atoms with van der Waals surface area (Å²) in [6.45, 7) is 4.40.